The number of pyridine rings is 1. The van der Waals surface area contributed by atoms with Crippen LogP contribution in [0.4, 0.5) is 5.69 Å². The van der Waals surface area contributed by atoms with Gasteiger partial charge in [-0.15, -0.1) is 0 Å². The molecule has 150 valence electrons. The molecule has 0 atom stereocenters. The summed E-state index contributed by atoms with van der Waals surface area (Å²) < 4.78 is 12.7. The van der Waals surface area contributed by atoms with Gasteiger partial charge in [-0.3, -0.25) is 10.2 Å². The third-order valence-corrected chi connectivity index (χ3v) is 4.45. The molecule has 0 aromatic carbocycles. The first-order valence-corrected chi connectivity index (χ1v) is 9.38. The predicted molar refractivity (Wildman–Crippen MR) is 107 cm³/mol. The molecule has 1 saturated heterocycles. The zero-order valence-electron chi connectivity index (χ0n) is 16.7. The monoisotopic (exact) mass is 385 g/mol. The van der Waals surface area contributed by atoms with Crippen molar-refractivity contribution in [2.24, 2.45) is 0 Å². The number of nitrogens with two attached hydrogens (primary N) is 1. The minimum atomic E-state index is -0.182. The molecule has 2 aromatic rings. The van der Waals surface area contributed by atoms with Crippen molar-refractivity contribution in [2.75, 3.05) is 18.9 Å². The van der Waals surface area contributed by atoms with Crippen LogP contribution in [-0.4, -0.2) is 46.5 Å². The maximum absolute atomic E-state index is 12.7. The predicted octanol–water partition coefficient (Wildman–Crippen LogP) is 2.38. The number of carbonyl (C=O) groups is 1. The Morgan fingerprint density at radius 1 is 1.39 bits per heavy atom. The van der Waals surface area contributed by atoms with Crippen LogP contribution >= 0.6 is 0 Å². The van der Waals surface area contributed by atoms with Gasteiger partial charge in [0, 0.05) is 29.7 Å². The first-order chi connectivity index (χ1) is 13.3. The highest BCUT2D eigenvalue weighted by Crippen LogP contribution is 2.27. The molecule has 8 heteroatoms. The second kappa shape index (κ2) is 8.02. The summed E-state index contributed by atoms with van der Waals surface area (Å²) in [7, 11) is 0. The minimum Gasteiger partial charge on any atom is -0.474 e. The number of amides is 1. The van der Waals surface area contributed by atoms with Gasteiger partial charge in [0.25, 0.3) is 5.91 Å². The fourth-order valence-corrected chi connectivity index (χ4v) is 2.97. The molecule has 0 aliphatic carbocycles. The summed E-state index contributed by atoms with van der Waals surface area (Å²) in [5.74, 6) is 0.133. The highest BCUT2D eigenvalue weighted by Gasteiger charge is 2.25. The molecule has 0 spiro atoms. The van der Waals surface area contributed by atoms with Crippen LogP contribution in [0.5, 0.6) is 5.88 Å². The van der Waals surface area contributed by atoms with E-state index < -0.39 is 0 Å². The van der Waals surface area contributed by atoms with Crippen LogP contribution in [-0.2, 0) is 4.74 Å². The number of nitrogens with zero attached hydrogens (tertiary/aromatic N) is 2. The first kappa shape index (κ1) is 19.9. The molecule has 3 heterocycles. The Kier molecular flexibility index (Phi) is 5.69. The van der Waals surface area contributed by atoms with Crippen LogP contribution in [0.25, 0.3) is 0 Å². The smallest absolute Gasteiger partial charge is 0.268 e. The molecule has 4 N–H and O–H groups in total. The lowest BCUT2D eigenvalue weighted by atomic mass is 10.0. The van der Waals surface area contributed by atoms with E-state index in [-0.39, 0.29) is 29.8 Å². The number of aromatic nitrogens is 2. The third-order valence-electron chi connectivity index (χ3n) is 4.45. The van der Waals surface area contributed by atoms with Crippen molar-refractivity contribution in [3.63, 3.8) is 0 Å². The summed E-state index contributed by atoms with van der Waals surface area (Å²) in [4.78, 5) is 16.9. The fourth-order valence-electron chi connectivity index (χ4n) is 2.97. The number of anilines is 1. The number of nitrogen functional groups attached to an aromatic ring is 1. The zero-order chi connectivity index (χ0) is 20.4. The maximum Gasteiger partial charge on any atom is 0.268 e. The van der Waals surface area contributed by atoms with E-state index in [0.717, 1.165) is 0 Å². The quantitative estimate of drug-likeness (QED) is 0.633. The molecule has 0 bridgehead atoms. The van der Waals surface area contributed by atoms with Crippen molar-refractivity contribution in [2.45, 2.75) is 45.9 Å². The Morgan fingerprint density at radius 2 is 2.11 bits per heavy atom. The Balaban J connectivity index is 1.96. The maximum atomic E-state index is 12.7. The highest BCUT2D eigenvalue weighted by molar-refractivity contribution is 6.16. The van der Waals surface area contributed by atoms with Gasteiger partial charge in [0.2, 0.25) is 5.88 Å². The summed E-state index contributed by atoms with van der Waals surface area (Å²) in [6.07, 6.45) is 3.25. The van der Waals surface area contributed by atoms with Crippen LogP contribution in [0.15, 0.2) is 24.5 Å². The van der Waals surface area contributed by atoms with Gasteiger partial charge in [-0.05, 0) is 39.8 Å². The van der Waals surface area contributed by atoms with E-state index in [1.54, 1.807) is 24.5 Å². The molecular formula is C20H27N5O3. The Labute approximate surface area is 164 Å². The summed E-state index contributed by atoms with van der Waals surface area (Å²) in [5, 5.41) is 11.7. The highest BCUT2D eigenvalue weighted by atomic mass is 16.5. The number of rotatable bonds is 7. The molecule has 0 unspecified atom stereocenters. The van der Waals surface area contributed by atoms with Gasteiger partial charge in [0.05, 0.1) is 36.6 Å². The lowest BCUT2D eigenvalue weighted by Gasteiger charge is -2.27. The van der Waals surface area contributed by atoms with E-state index >= 15 is 0 Å². The normalized spacial score (nSPS) is 14.2. The SMILES string of the molecule is CC(C)Oc1nccc(N)c1C(=N)c1cc(C(=O)NC2COC2)n(C(C)C)c1. The summed E-state index contributed by atoms with van der Waals surface area (Å²) in [6, 6.07) is 3.44. The molecule has 1 amide bonds. The van der Waals surface area contributed by atoms with Gasteiger partial charge >= 0.3 is 0 Å². The standard InChI is InChI=1S/C20H27N5O3/c1-11(2)25-8-13(7-16(25)19(26)24-14-9-27-10-14)18(22)17-15(21)5-6-23-20(17)28-12(3)4/h5-8,11-12,14,22H,9-10H2,1-4H3,(H2,21,23)(H,24,26). The van der Waals surface area contributed by atoms with Gasteiger partial charge in [-0.1, -0.05) is 0 Å². The Bertz CT molecular complexity index is 884. The number of hydrogen-bond acceptors (Lipinski definition) is 6. The van der Waals surface area contributed by atoms with E-state index in [1.165, 1.54) is 0 Å². The fraction of sp³-hybridized carbons (Fsp3) is 0.450. The van der Waals surface area contributed by atoms with Crippen LogP contribution in [0.3, 0.4) is 0 Å². The van der Waals surface area contributed by atoms with Gasteiger partial charge in [0.15, 0.2) is 0 Å². The van der Waals surface area contributed by atoms with Crippen molar-refractivity contribution < 1.29 is 14.3 Å². The minimum absolute atomic E-state index is 0.0333. The molecule has 1 aliphatic rings. The van der Waals surface area contributed by atoms with Crippen molar-refractivity contribution in [1.29, 1.82) is 5.41 Å². The van der Waals surface area contributed by atoms with Crippen molar-refractivity contribution in [3.05, 3.63) is 41.3 Å². The second-order valence-corrected chi connectivity index (χ2v) is 7.44. The topological polar surface area (TPSA) is 115 Å². The molecule has 3 rings (SSSR count). The molecule has 0 radical (unpaired) electrons. The van der Waals surface area contributed by atoms with E-state index in [4.69, 9.17) is 20.6 Å². The van der Waals surface area contributed by atoms with Crippen LogP contribution in [0.1, 0.15) is 55.4 Å². The van der Waals surface area contributed by atoms with E-state index in [1.807, 2.05) is 32.3 Å². The van der Waals surface area contributed by atoms with Gasteiger partial charge in [-0.2, -0.15) is 0 Å². The van der Waals surface area contributed by atoms with Crippen LogP contribution in [0, 0.1) is 5.41 Å². The van der Waals surface area contributed by atoms with E-state index in [0.29, 0.717) is 41.6 Å². The summed E-state index contributed by atoms with van der Waals surface area (Å²) >= 11 is 0. The number of hydrogen-bond donors (Lipinski definition) is 3. The summed E-state index contributed by atoms with van der Waals surface area (Å²) in [6.45, 7) is 8.81. The van der Waals surface area contributed by atoms with Gasteiger partial charge in [-0.25, -0.2) is 4.98 Å². The zero-order valence-corrected chi connectivity index (χ0v) is 16.7. The molecule has 28 heavy (non-hydrogen) atoms. The molecule has 0 saturated carbocycles. The number of carbonyl (C=O) groups excluding carboxylic acids is 1. The van der Waals surface area contributed by atoms with E-state index in [2.05, 4.69) is 10.3 Å². The summed E-state index contributed by atoms with van der Waals surface area (Å²) in [5.41, 5.74) is 8.21. The average molecular weight is 385 g/mol. The van der Waals surface area contributed by atoms with Crippen molar-refractivity contribution in [3.8, 4) is 5.88 Å². The lowest BCUT2D eigenvalue weighted by Crippen LogP contribution is -2.49. The van der Waals surface area contributed by atoms with Crippen molar-refractivity contribution in [1.82, 2.24) is 14.9 Å². The molecule has 2 aromatic heterocycles. The number of ether oxygens (including phenoxy) is 2. The van der Waals surface area contributed by atoms with E-state index in [9.17, 15) is 4.79 Å². The second-order valence-electron chi connectivity index (χ2n) is 7.44. The molecular weight excluding hydrogens is 358 g/mol. The number of nitrogens with one attached hydrogen (secondary N) is 2. The molecule has 8 nitrogen and oxygen atoms in total. The molecule has 1 fully saturated rings. The van der Waals surface area contributed by atoms with Crippen LogP contribution in [0.2, 0.25) is 0 Å². The average Bonchev–Trinajstić information content (AvgIpc) is 3.03. The van der Waals surface area contributed by atoms with Gasteiger partial charge < -0.3 is 25.1 Å². The van der Waals surface area contributed by atoms with Crippen LogP contribution < -0.4 is 15.8 Å². The molecule has 1 aliphatic heterocycles. The Hall–Kier alpha value is -2.87. The Morgan fingerprint density at radius 3 is 2.68 bits per heavy atom. The van der Waals surface area contributed by atoms with Gasteiger partial charge in [0.1, 0.15) is 5.69 Å². The van der Waals surface area contributed by atoms with Crippen molar-refractivity contribution >= 4 is 17.3 Å². The largest absolute Gasteiger partial charge is 0.474 e. The lowest BCUT2D eigenvalue weighted by molar-refractivity contribution is -0.00363. The first-order valence-electron chi connectivity index (χ1n) is 9.38. The third kappa shape index (κ3) is 4.01.